The molecule has 0 aliphatic carbocycles. The molecular formula is C23H29N3O3. The fourth-order valence-corrected chi connectivity index (χ4v) is 3.79. The molecule has 0 radical (unpaired) electrons. The number of phenolic OH excluding ortho intramolecular Hbond substituents is 1. The fourth-order valence-electron chi connectivity index (χ4n) is 3.79. The first-order chi connectivity index (χ1) is 14.3. The lowest BCUT2D eigenvalue weighted by molar-refractivity contribution is 0.0327. The summed E-state index contributed by atoms with van der Waals surface area (Å²) in [7, 11) is 0. The molecule has 2 fully saturated rings. The Morgan fingerprint density at radius 3 is 1.79 bits per heavy atom. The van der Waals surface area contributed by atoms with Crippen molar-refractivity contribution in [2.24, 2.45) is 0 Å². The molecule has 6 heteroatoms. The van der Waals surface area contributed by atoms with Crippen molar-refractivity contribution >= 4 is 12.2 Å². The van der Waals surface area contributed by atoms with E-state index in [1.807, 2.05) is 12.1 Å². The molecule has 2 aromatic rings. The van der Waals surface area contributed by atoms with Crippen molar-refractivity contribution in [1.29, 1.82) is 0 Å². The van der Waals surface area contributed by atoms with Crippen molar-refractivity contribution in [2.45, 2.75) is 13.1 Å². The quantitative estimate of drug-likeness (QED) is 0.812. The van der Waals surface area contributed by atoms with Gasteiger partial charge in [0.1, 0.15) is 5.75 Å². The van der Waals surface area contributed by atoms with Crippen LogP contribution in [0.1, 0.15) is 22.3 Å². The highest BCUT2D eigenvalue weighted by Gasteiger charge is 2.18. The third kappa shape index (κ3) is 5.64. The average Bonchev–Trinajstić information content (AvgIpc) is 2.77. The van der Waals surface area contributed by atoms with Crippen molar-refractivity contribution < 1.29 is 14.6 Å². The van der Waals surface area contributed by atoms with E-state index in [4.69, 9.17) is 9.47 Å². The fraction of sp³-hybridized carbons (Fsp3) is 0.435. The molecule has 29 heavy (non-hydrogen) atoms. The number of nitrogens with zero attached hydrogens (tertiary/aromatic N) is 3. The Bertz CT molecular complexity index is 772. The average molecular weight is 396 g/mol. The number of phenols is 1. The van der Waals surface area contributed by atoms with Gasteiger partial charge in [-0.1, -0.05) is 12.2 Å². The molecule has 1 aromatic carbocycles. The van der Waals surface area contributed by atoms with Crippen molar-refractivity contribution in [3.8, 4) is 5.75 Å². The molecule has 2 aliphatic heterocycles. The van der Waals surface area contributed by atoms with Gasteiger partial charge in [0.15, 0.2) is 0 Å². The van der Waals surface area contributed by atoms with Gasteiger partial charge in [-0.15, -0.1) is 0 Å². The molecule has 6 nitrogen and oxygen atoms in total. The molecule has 4 rings (SSSR count). The number of hydrogen-bond acceptors (Lipinski definition) is 6. The second kappa shape index (κ2) is 9.98. The smallest absolute Gasteiger partial charge is 0.124 e. The number of ether oxygens (including phenoxy) is 2. The molecule has 2 saturated heterocycles. The predicted octanol–water partition coefficient (Wildman–Crippen LogP) is 2.62. The highest BCUT2D eigenvalue weighted by molar-refractivity contribution is 5.70. The second-order valence-electron chi connectivity index (χ2n) is 7.58. The number of aromatic hydroxyl groups is 1. The largest absolute Gasteiger partial charge is 0.507 e. The first kappa shape index (κ1) is 20.0. The van der Waals surface area contributed by atoms with E-state index in [0.29, 0.717) is 5.75 Å². The third-order valence-electron chi connectivity index (χ3n) is 5.46. The maximum Gasteiger partial charge on any atom is 0.124 e. The van der Waals surface area contributed by atoms with Crippen molar-refractivity contribution in [1.82, 2.24) is 14.8 Å². The summed E-state index contributed by atoms with van der Waals surface area (Å²) in [5.74, 6) is 0.420. The van der Waals surface area contributed by atoms with Gasteiger partial charge < -0.3 is 14.6 Å². The highest BCUT2D eigenvalue weighted by Crippen LogP contribution is 2.29. The Morgan fingerprint density at radius 2 is 1.28 bits per heavy atom. The molecule has 1 aromatic heterocycles. The third-order valence-corrected chi connectivity index (χ3v) is 5.46. The minimum Gasteiger partial charge on any atom is -0.507 e. The second-order valence-corrected chi connectivity index (χ2v) is 7.58. The zero-order chi connectivity index (χ0) is 19.9. The van der Waals surface area contributed by atoms with E-state index in [2.05, 4.69) is 39.1 Å². The number of morpholine rings is 2. The van der Waals surface area contributed by atoms with Crippen LogP contribution in [0.2, 0.25) is 0 Å². The van der Waals surface area contributed by atoms with Crippen LogP contribution in [0, 0.1) is 0 Å². The normalized spacial score (nSPS) is 19.0. The van der Waals surface area contributed by atoms with E-state index < -0.39 is 0 Å². The summed E-state index contributed by atoms with van der Waals surface area (Å²) >= 11 is 0. The van der Waals surface area contributed by atoms with Gasteiger partial charge in [-0.05, 0) is 35.4 Å². The first-order valence-electron chi connectivity index (χ1n) is 10.3. The van der Waals surface area contributed by atoms with Gasteiger partial charge in [-0.3, -0.25) is 14.8 Å². The Labute approximate surface area is 172 Å². The first-order valence-corrected chi connectivity index (χ1v) is 10.3. The Hall–Kier alpha value is -2.25. The SMILES string of the molecule is Oc1c(CN2CCOCC2)cc(/C=C/c2ccncc2)cc1CN1CCOCC1. The minimum absolute atomic E-state index is 0.420. The molecule has 0 spiro atoms. The number of rotatable bonds is 6. The summed E-state index contributed by atoms with van der Waals surface area (Å²) in [6, 6.07) is 8.18. The molecule has 0 saturated carbocycles. The topological polar surface area (TPSA) is 58.1 Å². The van der Waals surface area contributed by atoms with Gasteiger partial charge in [-0.2, -0.15) is 0 Å². The summed E-state index contributed by atoms with van der Waals surface area (Å²) in [6.07, 6.45) is 7.79. The Kier molecular flexibility index (Phi) is 6.90. The van der Waals surface area contributed by atoms with Crippen LogP contribution in [0.4, 0.5) is 0 Å². The van der Waals surface area contributed by atoms with Crippen LogP contribution in [0.25, 0.3) is 12.2 Å². The zero-order valence-electron chi connectivity index (χ0n) is 16.8. The molecule has 1 N–H and O–H groups in total. The maximum absolute atomic E-state index is 11.0. The van der Waals surface area contributed by atoms with Crippen LogP contribution in [0.5, 0.6) is 5.75 Å². The standard InChI is InChI=1S/C23H29N3O3/c27-23-21(17-25-7-11-28-12-8-25)15-20(2-1-19-3-5-24-6-4-19)16-22(23)18-26-9-13-29-14-10-26/h1-6,15-16,27H,7-14,17-18H2/b2-1+. The van der Waals surface area contributed by atoms with Gasteiger partial charge in [0.05, 0.1) is 26.4 Å². The lowest BCUT2D eigenvalue weighted by Gasteiger charge is -2.29. The van der Waals surface area contributed by atoms with E-state index in [0.717, 1.165) is 87.9 Å². The van der Waals surface area contributed by atoms with Gasteiger partial charge in [0, 0.05) is 62.8 Å². The summed E-state index contributed by atoms with van der Waals surface area (Å²) in [6.45, 7) is 8.08. The number of aromatic nitrogens is 1. The van der Waals surface area contributed by atoms with Gasteiger partial charge in [0.2, 0.25) is 0 Å². The molecule has 3 heterocycles. The predicted molar refractivity (Wildman–Crippen MR) is 113 cm³/mol. The molecule has 0 amide bonds. The van der Waals surface area contributed by atoms with E-state index in [1.165, 1.54) is 0 Å². The van der Waals surface area contributed by atoms with E-state index >= 15 is 0 Å². The zero-order valence-corrected chi connectivity index (χ0v) is 16.8. The van der Waals surface area contributed by atoms with Gasteiger partial charge >= 0.3 is 0 Å². The van der Waals surface area contributed by atoms with Crippen LogP contribution in [0.15, 0.2) is 36.7 Å². The lowest BCUT2D eigenvalue weighted by Crippen LogP contribution is -2.36. The minimum atomic E-state index is 0.420. The number of benzene rings is 1. The van der Waals surface area contributed by atoms with Crippen LogP contribution < -0.4 is 0 Å². The number of hydrogen-bond donors (Lipinski definition) is 1. The van der Waals surface area contributed by atoms with E-state index in [9.17, 15) is 5.11 Å². The Balaban J connectivity index is 1.59. The summed E-state index contributed by atoms with van der Waals surface area (Å²) in [5, 5.41) is 11.0. The molecule has 154 valence electrons. The molecule has 0 bridgehead atoms. The summed E-state index contributed by atoms with van der Waals surface area (Å²) in [4.78, 5) is 8.75. The van der Waals surface area contributed by atoms with Crippen LogP contribution in [-0.2, 0) is 22.6 Å². The van der Waals surface area contributed by atoms with E-state index in [1.54, 1.807) is 12.4 Å². The molecular weight excluding hydrogens is 366 g/mol. The number of pyridine rings is 1. The highest BCUT2D eigenvalue weighted by atomic mass is 16.5. The van der Waals surface area contributed by atoms with Crippen LogP contribution >= 0.6 is 0 Å². The van der Waals surface area contributed by atoms with Crippen molar-refractivity contribution in [3.05, 3.63) is 58.9 Å². The monoisotopic (exact) mass is 395 g/mol. The molecule has 2 aliphatic rings. The van der Waals surface area contributed by atoms with Gasteiger partial charge in [0.25, 0.3) is 0 Å². The van der Waals surface area contributed by atoms with Crippen LogP contribution in [0.3, 0.4) is 0 Å². The van der Waals surface area contributed by atoms with Crippen molar-refractivity contribution in [2.75, 3.05) is 52.6 Å². The Morgan fingerprint density at radius 1 is 0.793 bits per heavy atom. The van der Waals surface area contributed by atoms with Crippen molar-refractivity contribution in [3.63, 3.8) is 0 Å². The van der Waals surface area contributed by atoms with Crippen LogP contribution in [-0.4, -0.2) is 72.5 Å². The van der Waals surface area contributed by atoms with E-state index in [-0.39, 0.29) is 0 Å². The van der Waals surface area contributed by atoms with Gasteiger partial charge in [-0.25, -0.2) is 0 Å². The molecule has 0 unspecified atom stereocenters. The summed E-state index contributed by atoms with van der Waals surface area (Å²) in [5.41, 5.74) is 4.17. The maximum atomic E-state index is 11.0. The molecule has 0 atom stereocenters. The summed E-state index contributed by atoms with van der Waals surface area (Å²) < 4.78 is 10.9. The lowest BCUT2D eigenvalue weighted by atomic mass is 10.0.